The molecule has 0 amide bonds. The van der Waals surface area contributed by atoms with E-state index in [9.17, 15) is 0 Å². The first-order chi connectivity index (χ1) is 12.8. The Bertz CT molecular complexity index is 841. The number of ether oxygens (including phenoxy) is 1. The highest BCUT2D eigenvalue weighted by molar-refractivity contribution is 7.98. The van der Waals surface area contributed by atoms with E-state index in [2.05, 4.69) is 53.5 Å². The van der Waals surface area contributed by atoms with Gasteiger partial charge in [0.25, 0.3) is 0 Å². The molecule has 8 heteroatoms. The van der Waals surface area contributed by atoms with Crippen LogP contribution in [-0.4, -0.2) is 50.6 Å². The second-order valence-corrected chi connectivity index (χ2v) is 7.13. The average Bonchev–Trinajstić information content (AvgIpc) is 3.28. The van der Waals surface area contributed by atoms with Crippen molar-refractivity contribution < 1.29 is 4.74 Å². The van der Waals surface area contributed by atoms with E-state index in [4.69, 9.17) is 4.74 Å². The smallest absolute Gasteiger partial charge is 0.227 e. The average molecular weight is 370 g/mol. The largest absolute Gasteiger partial charge is 0.378 e. The van der Waals surface area contributed by atoms with Gasteiger partial charge in [0.2, 0.25) is 5.95 Å². The molecular weight excluding hydrogens is 348 g/mol. The Kier molecular flexibility index (Phi) is 5.21. The summed E-state index contributed by atoms with van der Waals surface area (Å²) < 4.78 is 9.65. The second kappa shape index (κ2) is 7.92. The van der Waals surface area contributed by atoms with Gasteiger partial charge in [-0.3, -0.25) is 4.57 Å². The van der Waals surface area contributed by atoms with Crippen molar-refractivity contribution >= 4 is 17.7 Å². The fraction of sp³-hybridized carbons (Fsp3) is 0.389. The lowest BCUT2D eigenvalue weighted by atomic mass is 10.2. The van der Waals surface area contributed by atoms with Crippen LogP contribution in [0.15, 0.2) is 47.9 Å². The van der Waals surface area contributed by atoms with Crippen LogP contribution >= 0.6 is 11.8 Å². The van der Waals surface area contributed by atoms with Crippen LogP contribution in [0.1, 0.15) is 11.4 Å². The number of hydrogen-bond donors (Lipinski definition) is 0. The van der Waals surface area contributed by atoms with Crippen molar-refractivity contribution in [3.63, 3.8) is 0 Å². The Morgan fingerprint density at radius 1 is 1.12 bits per heavy atom. The molecule has 0 saturated carbocycles. The molecule has 4 rings (SSSR count). The molecule has 1 saturated heterocycles. The SMILES string of the molecule is Cn1c(SCc2nccn2Cc2ccccc2)nnc1N1CCOCC1. The van der Waals surface area contributed by atoms with Crippen LogP contribution in [0.3, 0.4) is 0 Å². The predicted molar refractivity (Wildman–Crippen MR) is 101 cm³/mol. The maximum Gasteiger partial charge on any atom is 0.227 e. The van der Waals surface area contributed by atoms with Gasteiger partial charge in [-0.1, -0.05) is 42.1 Å². The van der Waals surface area contributed by atoms with Crippen molar-refractivity contribution in [2.45, 2.75) is 17.5 Å². The van der Waals surface area contributed by atoms with E-state index in [0.29, 0.717) is 0 Å². The van der Waals surface area contributed by atoms with E-state index in [1.54, 1.807) is 11.8 Å². The normalized spacial score (nSPS) is 14.7. The van der Waals surface area contributed by atoms with Gasteiger partial charge in [0, 0.05) is 39.1 Å². The van der Waals surface area contributed by atoms with Gasteiger partial charge in [-0.05, 0) is 5.56 Å². The van der Waals surface area contributed by atoms with Gasteiger partial charge < -0.3 is 14.2 Å². The summed E-state index contributed by atoms with van der Waals surface area (Å²) in [5.41, 5.74) is 1.27. The number of benzene rings is 1. The maximum absolute atomic E-state index is 5.41. The van der Waals surface area contributed by atoms with Crippen molar-refractivity contribution in [1.82, 2.24) is 24.3 Å². The number of aromatic nitrogens is 5. The van der Waals surface area contributed by atoms with Crippen LogP contribution < -0.4 is 4.90 Å². The number of rotatable bonds is 6. The predicted octanol–water partition coefficient (Wildman–Crippen LogP) is 2.19. The Morgan fingerprint density at radius 2 is 1.92 bits per heavy atom. The Balaban J connectivity index is 1.42. The van der Waals surface area contributed by atoms with Gasteiger partial charge >= 0.3 is 0 Å². The zero-order valence-corrected chi connectivity index (χ0v) is 15.6. The zero-order valence-electron chi connectivity index (χ0n) is 14.8. The van der Waals surface area contributed by atoms with Crippen LogP contribution in [-0.2, 0) is 24.1 Å². The van der Waals surface area contributed by atoms with E-state index in [1.165, 1.54) is 5.56 Å². The quantitative estimate of drug-likeness (QED) is 0.620. The lowest BCUT2D eigenvalue weighted by Gasteiger charge is -2.27. The second-order valence-electron chi connectivity index (χ2n) is 6.19. The molecule has 1 aliphatic rings. The molecule has 0 radical (unpaired) electrons. The molecule has 0 N–H and O–H groups in total. The first-order valence-corrected chi connectivity index (χ1v) is 9.68. The molecule has 0 atom stereocenters. The lowest BCUT2D eigenvalue weighted by Crippen LogP contribution is -2.37. The van der Waals surface area contributed by atoms with Crippen LogP contribution in [0.5, 0.6) is 0 Å². The molecule has 0 spiro atoms. The van der Waals surface area contributed by atoms with Crippen LogP contribution in [0.4, 0.5) is 5.95 Å². The summed E-state index contributed by atoms with van der Waals surface area (Å²) in [6, 6.07) is 10.4. The van der Waals surface area contributed by atoms with Gasteiger partial charge in [-0.2, -0.15) is 0 Å². The summed E-state index contributed by atoms with van der Waals surface area (Å²) in [5, 5.41) is 9.63. The minimum Gasteiger partial charge on any atom is -0.378 e. The van der Waals surface area contributed by atoms with E-state index in [-0.39, 0.29) is 0 Å². The van der Waals surface area contributed by atoms with Crippen molar-refractivity contribution in [1.29, 1.82) is 0 Å². The molecule has 0 unspecified atom stereocenters. The van der Waals surface area contributed by atoms with Crippen LogP contribution in [0.25, 0.3) is 0 Å². The van der Waals surface area contributed by atoms with Crippen molar-refractivity contribution in [2.75, 3.05) is 31.2 Å². The summed E-state index contributed by atoms with van der Waals surface area (Å²) >= 11 is 1.66. The summed E-state index contributed by atoms with van der Waals surface area (Å²) in [6.45, 7) is 4.03. The molecular formula is C18H22N6OS. The number of thioether (sulfide) groups is 1. The first-order valence-electron chi connectivity index (χ1n) is 8.70. The van der Waals surface area contributed by atoms with Gasteiger partial charge in [0.15, 0.2) is 5.16 Å². The van der Waals surface area contributed by atoms with E-state index in [0.717, 1.165) is 55.5 Å². The van der Waals surface area contributed by atoms with Crippen LogP contribution in [0.2, 0.25) is 0 Å². The lowest BCUT2D eigenvalue weighted by molar-refractivity contribution is 0.121. The summed E-state index contributed by atoms with van der Waals surface area (Å²) in [6.07, 6.45) is 3.88. The monoisotopic (exact) mass is 370 g/mol. The minimum atomic E-state index is 0.742. The van der Waals surface area contributed by atoms with E-state index >= 15 is 0 Å². The molecule has 136 valence electrons. The van der Waals surface area contributed by atoms with E-state index in [1.807, 2.05) is 25.5 Å². The zero-order chi connectivity index (χ0) is 17.8. The number of nitrogens with zero attached hydrogens (tertiary/aromatic N) is 6. The fourth-order valence-electron chi connectivity index (χ4n) is 3.01. The molecule has 2 aromatic heterocycles. The van der Waals surface area contributed by atoms with E-state index < -0.39 is 0 Å². The minimum absolute atomic E-state index is 0.742. The summed E-state index contributed by atoms with van der Waals surface area (Å²) in [7, 11) is 2.02. The highest BCUT2D eigenvalue weighted by atomic mass is 32.2. The molecule has 1 aliphatic heterocycles. The highest BCUT2D eigenvalue weighted by Gasteiger charge is 2.19. The Morgan fingerprint density at radius 3 is 2.73 bits per heavy atom. The van der Waals surface area contributed by atoms with Crippen molar-refractivity contribution in [2.24, 2.45) is 7.05 Å². The molecule has 7 nitrogen and oxygen atoms in total. The fourth-order valence-corrected chi connectivity index (χ4v) is 3.88. The topological polar surface area (TPSA) is 61.0 Å². The number of hydrogen-bond acceptors (Lipinski definition) is 6. The maximum atomic E-state index is 5.41. The molecule has 0 bridgehead atoms. The standard InChI is InChI=1S/C18H22N6OS/c1-22-17(23-9-11-25-12-10-23)20-21-18(22)26-14-16-19-7-8-24(16)13-15-5-3-2-4-6-15/h2-8H,9-14H2,1H3. The van der Waals surface area contributed by atoms with Gasteiger partial charge in [-0.25, -0.2) is 4.98 Å². The first kappa shape index (κ1) is 17.1. The third-order valence-corrected chi connectivity index (χ3v) is 5.45. The Hall–Kier alpha value is -2.32. The van der Waals surface area contributed by atoms with Crippen LogP contribution in [0, 0.1) is 0 Å². The van der Waals surface area contributed by atoms with Gasteiger partial charge in [-0.15, -0.1) is 10.2 Å². The van der Waals surface area contributed by atoms with Crippen molar-refractivity contribution in [3.05, 3.63) is 54.1 Å². The molecule has 3 aromatic rings. The number of anilines is 1. The Labute approximate surface area is 157 Å². The number of imidazole rings is 1. The molecule has 1 fully saturated rings. The molecule has 0 aliphatic carbocycles. The van der Waals surface area contributed by atoms with Gasteiger partial charge in [0.1, 0.15) is 5.82 Å². The van der Waals surface area contributed by atoms with Crippen molar-refractivity contribution in [3.8, 4) is 0 Å². The summed E-state index contributed by atoms with van der Waals surface area (Å²) in [5.74, 6) is 2.70. The third-order valence-electron chi connectivity index (χ3n) is 4.43. The third kappa shape index (κ3) is 3.76. The molecule has 26 heavy (non-hydrogen) atoms. The highest BCUT2D eigenvalue weighted by Crippen LogP contribution is 2.24. The number of morpholine rings is 1. The molecule has 3 heterocycles. The molecule has 1 aromatic carbocycles. The summed E-state index contributed by atoms with van der Waals surface area (Å²) in [4.78, 5) is 6.73. The van der Waals surface area contributed by atoms with Gasteiger partial charge in [0.05, 0.1) is 19.0 Å².